The van der Waals surface area contributed by atoms with Gasteiger partial charge >= 0.3 is 5.97 Å². The summed E-state index contributed by atoms with van der Waals surface area (Å²) < 4.78 is 22.8. The van der Waals surface area contributed by atoms with Crippen LogP contribution in [0.5, 0.6) is 0 Å². The van der Waals surface area contributed by atoms with Gasteiger partial charge in [0.15, 0.2) is 6.29 Å². The number of esters is 1. The molecule has 3 N–H and O–H groups in total. The Bertz CT molecular complexity index is 968. The van der Waals surface area contributed by atoms with Crippen LogP contribution in [0.3, 0.4) is 0 Å². The van der Waals surface area contributed by atoms with Crippen LogP contribution in [0.1, 0.15) is 78.6 Å². The standard InChI is InChI=1S/C30H46O8/c1-16-24(32)26(35-4)25(33)27(37-16)38-19-7-10-28(2)18(14-19)5-6-22-21(28)8-11-29(3)20(9-12-30(22,29)34)17-13-23(31)36-15-17/h13,16,18-22,24-27,32-34H,5-12,14-15H2,1-4H3/t16-,18+,19+,20-,21+,22-,24+,25-,26+,27+,28+,29-,30+/m1/s1. The highest BCUT2D eigenvalue weighted by Gasteiger charge is 2.67. The first kappa shape index (κ1) is 27.2. The van der Waals surface area contributed by atoms with Crippen molar-refractivity contribution in [1.29, 1.82) is 0 Å². The molecule has 0 unspecified atom stereocenters. The molecule has 0 aromatic rings. The monoisotopic (exact) mass is 534 g/mol. The first-order valence-electron chi connectivity index (χ1n) is 14.8. The van der Waals surface area contributed by atoms with Crippen LogP contribution in [0.2, 0.25) is 0 Å². The average molecular weight is 535 g/mol. The lowest BCUT2D eigenvalue weighted by Gasteiger charge is -2.64. The fraction of sp³-hybridized carbons (Fsp3) is 0.900. The summed E-state index contributed by atoms with van der Waals surface area (Å²) in [4.78, 5) is 11.8. The maximum atomic E-state index is 12.4. The van der Waals surface area contributed by atoms with Crippen molar-refractivity contribution in [1.82, 2.24) is 0 Å². The number of fused-ring (bicyclic) bond motifs is 5. The van der Waals surface area contributed by atoms with Gasteiger partial charge in [-0.15, -0.1) is 0 Å². The molecule has 1 saturated heterocycles. The van der Waals surface area contributed by atoms with Gasteiger partial charge in [-0.1, -0.05) is 13.8 Å². The van der Waals surface area contributed by atoms with E-state index in [4.69, 9.17) is 18.9 Å². The first-order chi connectivity index (χ1) is 18.0. The Morgan fingerprint density at radius 2 is 1.79 bits per heavy atom. The average Bonchev–Trinajstić information content (AvgIpc) is 3.43. The number of ether oxygens (including phenoxy) is 4. The maximum Gasteiger partial charge on any atom is 0.331 e. The van der Waals surface area contributed by atoms with E-state index in [1.165, 1.54) is 7.11 Å². The van der Waals surface area contributed by atoms with E-state index < -0.39 is 36.3 Å². The molecule has 6 rings (SSSR count). The Morgan fingerprint density at radius 1 is 1.00 bits per heavy atom. The lowest BCUT2D eigenvalue weighted by atomic mass is 9.43. The van der Waals surface area contributed by atoms with E-state index in [1.807, 2.05) is 0 Å². The maximum absolute atomic E-state index is 12.4. The second-order valence-electron chi connectivity index (χ2n) is 13.7. The number of cyclic esters (lactones) is 1. The molecule has 214 valence electrons. The number of rotatable bonds is 4. The van der Waals surface area contributed by atoms with Crippen molar-refractivity contribution in [3.05, 3.63) is 11.6 Å². The highest BCUT2D eigenvalue weighted by molar-refractivity contribution is 5.85. The van der Waals surface area contributed by atoms with E-state index in [-0.39, 0.29) is 34.7 Å². The van der Waals surface area contributed by atoms with Crippen molar-refractivity contribution in [3.63, 3.8) is 0 Å². The minimum atomic E-state index is -1.04. The summed E-state index contributed by atoms with van der Waals surface area (Å²) in [6.07, 6.45) is 6.45. The van der Waals surface area contributed by atoms with Gasteiger partial charge in [-0.05, 0) is 99.4 Å². The summed E-state index contributed by atoms with van der Waals surface area (Å²) in [5.74, 6) is 1.22. The predicted molar refractivity (Wildman–Crippen MR) is 138 cm³/mol. The Kier molecular flexibility index (Phi) is 6.80. The highest BCUT2D eigenvalue weighted by atomic mass is 16.7. The molecule has 0 amide bonds. The van der Waals surface area contributed by atoms with Crippen LogP contribution in [0.4, 0.5) is 0 Å². The topological polar surface area (TPSA) is 115 Å². The molecule has 5 fully saturated rings. The second-order valence-corrected chi connectivity index (χ2v) is 13.7. The zero-order valence-electron chi connectivity index (χ0n) is 23.3. The fourth-order valence-corrected chi connectivity index (χ4v) is 10.1. The molecule has 38 heavy (non-hydrogen) atoms. The SMILES string of the molecule is CO[C@H]1[C@@H](O)[C@@H](C)O[C@@H](O[C@H]2CC[C@@]3(C)[C@@H](CC[C@@H]4[C@@H]3CC[C@]3(C)[C@@H](C5=CC(=O)OC5)CC[C@]43O)C2)[C@@H]1O. The van der Waals surface area contributed by atoms with Crippen LogP contribution in [-0.4, -0.2) is 77.4 Å². The zero-order valence-corrected chi connectivity index (χ0v) is 23.3. The lowest BCUT2D eigenvalue weighted by Crippen LogP contribution is -2.62. The van der Waals surface area contributed by atoms with Crippen LogP contribution in [0.25, 0.3) is 0 Å². The molecule has 0 bridgehead atoms. The summed E-state index contributed by atoms with van der Waals surface area (Å²) in [5.41, 5.74) is 0.300. The zero-order chi connectivity index (χ0) is 27.0. The summed E-state index contributed by atoms with van der Waals surface area (Å²) in [6.45, 7) is 6.87. The van der Waals surface area contributed by atoms with E-state index in [9.17, 15) is 20.1 Å². The first-order valence-corrected chi connectivity index (χ1v) is 14.8. The van der Waals surface area contributed by atoms with Gasteiger partial charge in [0.25, 0.3) is 0 Å². The summed E-state index contributed by atoms with van der Waals surface area (Å²) >= 11 is 0. The molecule has 6 aliphatic rings. The smallest absolute Gasteiger partial charge is 0.331 e. The molecule has 13 atom stereocenters. The number of carbonyl (C=O) groups is 1. The van der Waals surface area contributed by atoms with E-state index in [1.54, 1.807) is 13.0 Å². The Labute approximate surface area is 226 Å². The Balaban J connectivity index is 1.16. The fourth-order valence-electron chi connectivity index (χ4n) is 10.1. The van der Waals surface area contributed by atoms with Crippen LogP contribution in [-0.2, 0) is 23.7 Å². The third-order valence-electron chi connectivity index (χ3n) is 12.3. The molecular formula is C30H46O8. The van der Waals surface area contributed by atoms with Crippen molar-refractivity contribution < 1.29 is 39.1 Å². The van der Waals surface area contributed by atoms with Gasteiger partial charge in [0.2, 0.25) is 0 Å². The van der Waals surface area contributed by atoms with E-state index in [0.717, 1.165) is 63.4 Å². The van der Waals surface area contributed by atoms with Crippen molar-refractivity contribution in [2.75, 3.05) is 13.7 Å². The minimum Gasteiger partial charge on any atom is -0.458 e. The number of methoxy groups -OCH3 is 1. The molecule has 0 aromatic heterocycles. The van der Waals surface area contributed by atoms with Crippen molar-refractivity contribution in [3.8, 4) is 0 Å². The van der Waals surface area contributed by atoms with E-state index in [2.05, 4.69) is 13.8 Å². The van der Waals surface area contributed by atoms with Crippen molar-refractivity contribution in [2.45, 2.75) is 121 Å². The quantitative estimate of drug-likeness (QED) is 0.372. The third-order valence-corrected chi connectivity index (χ3v) is 12.3. The molecule has 0 spiro atoms. The van der Waals surface area contributed by atoms with Gasteiger partial charge in [-0.3, -0.25) is 0 Å². The molecular weight excluding hydrogens is 488 g/mol. The summed E-state index contributed by atoms with van der Waals surface area (Å²) in [7, 11) is 1.49. The van der Waals surface area contributed by atoms with Gasteiger partial charge in [-0.25, -0.2) is 4.79 Å². The molecule has 4 aliphatic carbocycles. The predicted octanol–water partition coefficient (Wildman–Crippen LogP) is 3.11. The van der Waals surface area contributed by atoms with Crippen LogP contribution in [0, 0.1) is 34.5 Å². The van der Waals surface area contributed by atoms with Crippen molar-refractivity contribution in [2.24, 2.45) is 34.5 Å². The van der Waals surface area contributed by atoms with Gasteiger partial charge in [-0.2, -0.15) is 0 Å². The van der Waals surface area contributed by atoms with Gasteiger partial charge < -0.3 is 34.3 Å². The number of aliphatic hydroxyl groups is 3. The molecule has 0 aromatic carbocycles. The van der Waals surface area contributed by atoms with Crippen LogP contribution < -0.4 is 0 Å². The molecule has 2 heterocycles. The molecule has 0 radical (unpaired) electrons. The molecule has 2 aliphatic heterocycles. The summed E-state index contributed by atoms with van der Waals surface area (Å²) in [5, 5.41) is 33.5. The normalized spacial score (nSPS) is 54.5. The molecule has 8 nitrogen and oxygen atoms in total. The Morgan fingerprint density at radius 3 is 2.50 bits per heavy atom. The number of aliphatic hydroxyl groups excluding tert-OH is 2. The van der Waals surface area contributed by atoms with Gasteiger partial charge in [0.1, 0.15) is 24.9 Å². The minimum absolute atomic E-state index is 0.0103. The van der Waals surface area contributed by atoms with Gasteiger partial charge in [0, 0.05) is 18.6 Å². The number of hydrogen-bond acceptors (Lipinski definition) is 8. The third kappa shape index (κ3) is 3.88. The number of hydrogen-bond donors (Lipinski definition) is 3. The highest BCUT2D eigenvalue weighted by Crippen LogP contribution is 2.70. The summed E-state index contributed by atoms with van der Waals surface area (Å²) in [6, 6.07) is 0. The van der Waals surface area contributed by atoms with E-state index >= 15 is 0 Å². The lowest BCUT2D eigenvalue weighted by molar-refractivity contribution is -0.313. The largest absolute Gasteiger partial charge is 0.458 e. The molecule has 8 heteroatoms. The van der Waals surface area contributed by atoms with Crippen LogP contribution in [0.15, 0.2) is 11.6 Å². The second kappa shape index (κ2) is 9.52. The van der Waals surface area contributed by atoms with Crippen molar-refractivity contribution >= 4 is 5.97 Å². The molecule has 4 saturated carbocycles. The van der Waals surface area contributed by atoms with E-state index in [0.29, 0.717) is 18.4 Å². The van der Waals surface area contributed by atoms with Crippen LogP contribution >= 0.6 is 0 Å². The Hall–Kier alpha value is -1.03. The van der Waals surface area contributed by atoms with Gasteiger partial charge in [0.05, 0.1) is 17.8 Å². The number of carbonyl (C=O) groups excluding carboxylic acids is 1.